The van der Waals surface area contributed by atoms with E-state index in [2.05, 4.69) is 22.4 Å². The predicted molar refractivity (Wildman–Crippen MR) is 93.2 cm³/mol. The molecule has 0 atom stereocenters. The number of benzene rings is 1. The number of carbonyl (C=O) groups is 1. The highest BCUT2D eigenvalue weighted by Crippen LogP contribution is 2.19. The highest BCUT2D eigenvalue weighted by molar-refractivity contribution is 7.17. The predicted octanol–water partition coefficient (Wildman–Crippen LogP) is 2.98. The first-order valence-corrected chi connectivity index (χ1v) is 8.21. The monoisotopic (exact) mass is 332 g/mol. The summed E-state index contributed by atoms with van der Waals surface area (Å²) in [6.45, 7) is 4.58. The molecule has 0 aliphatic heterocycles. The number of hydrazone groups is 1. The highest BCUT2D eigenvalue weighted by atomic mass is 32.1. The van der Waals surface area contributed by atoms with Gasteiger partial charge in [-0.05, 0) is 43.2 Å². The molecule has 0 aliphatic carbocycles. The van der Waals surface area contributed by atoms with Gasteiger partial charge in [-0.2, -0.15) is 5.10 Å². The molecule has 0 unspecified atom stereocenters. The lowest BCUT2D eigenvalue weighted by molar-refractivity contribution is 0.0958. The number of rotatable bonds is 7. The zero-order valence-electron chi connectivity index (χ0n) is 13.2. The minimum atomic E-state index is -0.313. The zero-order valence-corrected chi connectivity index (χ0v) is 14.0. The molecule has 0 aliphatic rings. The van der Waals surface area contributed by atoms with Gasteiger partial charge in [-0.3, -0.25) is 4.79 Å². The van der Waals surface area contributed by atoms with E-state index in [0.717, 1.165) is 42.1 Å². The standard InChI is InChI=1S/C16H20N4O2S/c1-3-4-9-22-13-7-5-12(6-8-13)10-18-20-15(21)14-11(2)19-16(17)23-14/h5-8,10H,3-4,9H2,1-2H3,(H2,17,19)(H,20,21)/b18-10+. The van der Waals surface area contributed by atoms with E-state index in [-0.39, 0.29) is 5.91 Å². The van der Waals surface area contributed by atoms with Crippen molar-refractivity contribution >= 4 is 28.6 Å². The summed E-state index contributed by atoms with van der Waals surface area (Å²) in [5.41, 5.74) is 9.52. The van der Waals surface area contributed by atoms with Gasteiger partial charge in [0.25, 0.3) is 5.91 Å². The van der Waals surface area contributed by atoms with Crippen LogP contribution in [0.5, 0.6) is 5.75 Å². The van der Waals surface area contributed by atoms with Crippen LogP contribution in [0.2, 0.25) is 0 Å². The van der Waals surface area contributed by atoms with E-state index in [4.69, 9.17) is 10.5 Å². The first-order valence-electron chi connectivity index (χ1n) is 7.39. The van der Waals surface area contributed by atoms with Crippen LogP contribution in [0.25, 0.3) is 0 Å². The van der Waals surface area contributed by atoms with Crippen molar-refractivity contribution in [1.29, 1.82) is 0 Å². The van der Waals surface area contributed by atoms with Crippen LogP contribution >= 0.6 is 11.3 Å². The van der Waals surface area contributed by atoms with Gasteiger partial charge in [0.15, 0.2) is 5.13 Å². The average Bonchev–Trinajstić information content (AvgIpc) is 2.88. The van der Waals surface area contributed by atoms with Crippen LogP contribution < -0.4 is 15.9 Å². The normalized spacial score (nSPS) is 10.9. The third-order valence-electron chi connectivity index (χ3n) is 3.05. The Hall–Kier alpha value is -2.41. The summed E-state index contributed by atoms with van der Waals surface area (Å²) in [5.74, 6) is 0.517. The Kier molecular flexibility index (Phi) is 6.10. The number of aromatic nitrogens is 1. The third kappa shape index (κ3) is 5.07. The van der Waals surface area contributed by atoms with E-state index in [0.29, 0.717) is 15.7 Å². The maximum Gasteiger partial charge on any atom is 0.283 e. The summed E-state index contributed by atoms with van der Waals surface area (Å²) >= 11 is 1.14. The van der Waals surface area contributed by atoms with Crippen molar-refractivity contribution in [1.82, 2.24) is 10.4 Å². The molecule has 0 radical (unpaired) electrons. The Bertz CT molecular complexity index is 680. The minimum absolute atomic E-state index is 0.313. The third-order valence-corrected chi connectivity index (χ3v) is 4.03. The van der Waals surface area contributed by atoms with Gasteiger partial charge < -0.3 is 10.5 Å². The Morgan fingerprint density at radius 1 is 1.43 bits per heavy atom. The van der Waals surface area contributed by atoms with Gasteiger partial charge in [0.2, 0.25) is 0 Å². The van der Waals surface area contributed by atoms with Gasteiger partial charge in [-0.25, -0.2) is 10.4 Å². The van der Waals surface area contributed by atoms with Gasteiger partial charge in [-0.1, -0.05) is 24.7 Å². The molecule has 23 heavy (non-hydrogen) atoms. The summed E-state index contributed by atoms with van der Waals surface area (Å²) in [6, 6.07) is 7.53. The molecule has 1 heterocycles. The van der Waals surface area contributed by atoms with Crippen LogP contribution in [0.15, 0.2) is 29.4 Å². The summed E-state index contributed by atoms with van der Waals surface area (Å²) < 4.78 is 5.59. The fourth-order valence-electron chi connectivity index (χ4n) is 1.83. The molecular weight excluding hydrogens is 312 g/mol. The molecule has 2 rings (SSSR count). The Morgan fingerprint density at radius 2 is 2.17 bits per heavy atom. The molecule has 1 aromatic carbocycles. The second-order valence-corrected chi connectivity index (χ2v) is 5.97. The maximum atomic E-state index is 11.9. The van der Waals surface area contributed by atoms with Crippen LogP contribution in [0, 0.1) is 6.92 Å². The molecule has 2 aromatic rings. The molecule has 122 valence electrons. The van der Waals surface area contributed by atoms with Crippen LogP contribution in [0.4, 0.5) is 5.13 Å². The smallest absolute Gasteiger partial charge is 0.283 e. The number of hydrogen-bond acceptors (Lipinski definition) is 6. The van der Waals surface area contributed by atoms with Crippen molar-refractivity contribution < 1.29 is 9.53 Å². The summed E-state index contributed by atoms with van der Waals surface area (Å²) in [5, 5.41) is 4.32. The van der Waals surface area contributed by atoms with Crippen molar-refractivity contribution in [3.05, 3.63) is 40.4 Å². The van der Waals surface area contributed by atoms with Gasteiger partial charge >= 0.3 is 0 Å². The molecule has 0 bridgehead atoms. The fourth-order valence-corrected chi connectivity index (χ4v) is 2.55. The molecule has 0 fully saturated rings. The van der Waals surface area contributed by atoms with E-state index in [1.807, 2.05) is 24.3 Å². The van der Waals surface area contributed by atoms with Crippen molar-refractivity contribution in [3.8, 4) is 5.75 Å². The van der Waals surface area contributed by atoms with Crippen molar-refractivity contribution in [3.63, 3.8) is 0 Å². The zero-order chi connectivity index (χ0) is 16.7. The Morgan fingerprint density at radius 3 is 2.78 bits per heavy atom. The lowest BCUT2D eigenvalue weighted by Crippen LogP contribution is -2.17. The topological polar surface area (TPSA) is 89.6 Å². The molecular formula is C16H20N4O2S. The quantitative estimate of drug-likeness (QED) is 0.463. The average molecular weight is 332 g/mol. The number of carbonyl (C=O) groups excluding carboxylic acids is 1. The largest absolute Gasteiger partial charge is 0.494 e. The summed E-state index contributed by atoms with van der Waals surface area (Å²) in [7, 11) is 0. The van der Waals surface area contributed by atoms with E-state index in [1.165, 1.54) is 0 Å². The fraction of sp³-hybridized carbons (Fsp3) is 0.312. The number of hydrogen-bond donors (Lipinski definition) is 2. The number of unbranched alkanes of at least 4 members (excludes halogenated alkanes) is 1. The summed E-state index contributed by atoms with van der Waals surface area (Å²) in [4.78, 5) is 16.4. The summed E-state index contributed by atoms with van der Waals surface area (Å²) in [6.07, 6.45) is 3.72. The lowest BCUT2D eigenvalue weighted by Gasteiger charge is -2.04. The van der Waals surface area contributed by atoms with E-state index in [1.54, 1.807) is 13.1 Å². The number of nitrogens with two attached hydrogens (primary N) is 1. The number of thiazole rings is 1. The second-order valence-electron chi connectivity index (χ2n) is 4.94. The molecule has 6 nitrogen and oxygen atoms in total. The second kappa shape index (κ2) is 8.28. The van der Waals surface area contributed by atoms with Crippen LogP contribution in [-0.2, 0) is 0 Å². The Labute approximate surface area is 139 Å². The van der Waals surface area contributed by atoms with E-state index in [9.17, 15) is 4.79 Å². The molecule has 7 heteroatoms. The van der Waals surface area contributed by atoms with Crippen molar-refractivity contribution in [2.45, 2.75) is 26.7 Å². The molecule has 1 amide bonds. The van der Waals surface area contributed by atoms with Crippen molar-refractivity contribution in [2.24, 2.45) is 5.10 Å². The number of aryl methyl sites for hydroxylation is 1. The number of nitrogens with zero attached hydrogens (tertiary/aromatic N) is 2. The van der Waals surface area contributed by atoms with Crippen LogP contribution in [0.1, 0.15) is 40.7 Å². The number of nitrogens with one attached hydrogen (secondary N) is 1. The van der Waals surface area contributed by atoms with E-state index >= 15 is 0 Å². The van der Waals surface area contributed by atoms with Gasteiger partial charge in [0, 0.05) is 0 Å². The van der Waals surface area contributed by atoms with E-state index < -0.39 is 0 Å². The SMILES string of the molecule is CCCCOc1ccc(/C=N/NC(=O)c2sc(N)nc2C)cc1. The van der Waals surface area contributed by atoms with Crippen molar-refractivity contribution in [2.75, 3.05) is 12.3 Å². The molecule has 0 saturated carbocycles. The molecule has 0 spiro atoms. The van der Waals surface area contributed by atoms with Gasteiger partial charge in [-0.15, -0.1) is 0 Å². The maximum absolute atomic E-state index is 11.9. The first kappa shape index (κ1) is 17.0. The molecule has 3 N–H and O–H groups in total. The molecule has 1 aromatic heterocycles. The number of ether oxygens (including phenoxy) is 1. The lowest BCUT2D eigenvalue weighted by atomic mass is 10.2. The van der Waals surface area contributed by atoms with Crippen LogP contribution in [-0.4, -0.2) is 23.7 Å². The van der Waals surface area contributed by atoms with Gasteiger partial charge in [0.05, 0.1) is 18.5 Å². The minimum Gasteiger partial charge on any atom is -0.494 e. The Balaban J connectivity index is 1.88. The highest BCUT2D eigenvalue weighted by Gasteiger charge is 2.13. The first-order chi connectivity index (χ1) is 11.1. The van der Waals surface area contributed by atoms with Gasteiger partial charge in [0.1, 0.15) is 10.6 Å². The number of nitrogen functional groups attached to an aromatic ring is 1. The number of amides is 1. The number of anilines is 1. The molecule has 0 saturated heterocycles. The van der Waals surface area contributed by atoms with Crippen LogP contribution in [0.3, 0.4) is 0 Å².